The molecule has 1 heterocycles. The van der Waals surface area contributed by atoms with Gasteiger partial charge >= 0.3 is 6.03 Å². The highest BCUT2D eigenvalue weighted by molar-refractivity contribution is 5.94. The van der Waals surface area contributed by atoms with Crippen molar-refractivity contribution in [2.24, 2.45) is 0 Å². The third kappa shape index (κ3) is 5.48. The number of benzene rings is 1. The Morgan fingerprint density at radius 1 is 0.846 bits per heavy atom. The summed E-state index contributed by atoms with van der Waals surface area (Å²) in [5.41, 5.74) is 1.75. The van der Waals surface area contributed by atoms with E-state index in [9.17, 15) is 9.59 Å². The topological polar surface area (TPSA) is 52.7 Å². The van der Waals surface area contributed by atoms with Crippen molar-refractivity contribution in [3.8, 4) is 0 Å². The molecule has 0 spiro atoms. The Kier molecular flexibility index (Phi) is 5.99. The number of rotatable bonds is 1. The first-order chi connectivity index (χ1) is 12.0. The molecule has 3 amide bonds. The fraction of sp³-hybridized carbons (Fsp3) is 0.619. The first kappa shape index (κ1) is 20.3. The number of nitrogens with zero attached hydrogens (tertiary/aromatic N) is 2. The van der Waals surface area contributed by atoms with Gasteiger partial charge in [-0.25, -0.2) is 4.79 Å². The fourth-order valence-corrected chi connectivity index (χ4v) is 3.02. The Hall–Kier alpha value is -2.04. The highest BCUT2D eigenvalue weighted by atomic mass is 16.2. The second-order valence-corrected chi connectivity index (χ2v) is 9.14. The van der Waals surface area contributed by atoms with Gasteiger partial charge in [-0.1, -0.05) is 32.9 Å². The van der Waals surface area contributed by atoms with Crippen LogP contribution >= 0.6 is 0 Å². The number of carbonyl (C=O) groups is 2. The quantitative estimate of drug-likeness (QED) is 0.832. The van der Waals surface area contributed by atoms with Gasteiger partial charge in [-0.3, -0.25) is 4.79 Å². The zero-order valence-electron chi connectivity index (χ0n) is 17.1. The van der Waals surface area contributed by atoms with Gasteiger partial charge in [0.05, 0.1) is 0 Å². The minimum atomic E-state index is -0.256. The number of amides is 3. The molecule has 0 saturated carbocycles. The van der Waals surface area contributed by atoms with E-state index < -0.39 is 0 Å². The molecule has 1 aromatic rings. The normalized spacial score (nSPS) is 16.2. The molecule has 0 unspecified atom stereocenters. The number of hydrogen-bond donors (Lipinski definition) is 1. The molecule has 0 aliphatic carbocycles. The highest BCUT2D eigenvalue weighted by Crippen LogP contribution is 2.22. The molecular weight excluding hydrogens is 326 g/mol. The summed E-state index contributed by atoms with van der Waals surface area (Å²) in [6.07, 6.45) is 0.795. The molecule has 5 heteroatoms. The predicted octanol–water partition coefficient (Wildman–Crippen LogP) is 3.64. The molecule has 1 aliphatic rings. The maximum atomic E-state index is 12.8. The van der Waals surface area contributed by atoms with Crippen LogP contribution in [0.25, 0.3) is 0 Å². The summed E-state index contributed by atoms with van der Waals surface area (Å²) in [6, 6.07) is 7.85. The lowest BCUT2D eigenvalue weighted by atomic mass is 9.86. The van der Waals surface area contributed by atoms with Gasteiger partial charge in [0.25, 0.3) is 5.91 Å². The zero-order chi connectivity index (χ0) is 19.5. The molecule has 1 aromatic carbocycles. The standard InChI is InChI=1S/C21H33N3O2/c1-20(2,3)17-10-8-16(9-11-17)18(25)23-12-7-13-24(15-14-23)19(26)22-21(4,5)6/h8-11H,7,12-15H2,1-6H3,(H,22,26). The average molecular weight is 360 g/mol. The lowest BCUT2D eigenvalue weighted by Gasteiger charge is -2.27. The Morgan fingerprint density at radius 3 is 1.92 bits per heavy atom. The van der Waals surface area contributed by atoms with Crippen LogP contribution in [-0.4, -0.2) is 53.5 Å². The molecule has 5 nitrogen and oxygen atoms in total. The molecule has 1 aliphatic heterocycles. The summed E-state index contributed by atoms with van der Waals surface area (Å²) >= 11 is 0. The first-order valence-electron chi connectivity index (χ1n) is 9.44. The smallest absolute Gasteiger partial charge is 0.317 e. The number of hydrogen-bond acceptors (Lipinski definition) is 2. The second-order valence-electron chi connectivity index (χ2n) is 9.14. The monoisotopic (exact) mass is 359 g/mol. The van der Waals surface area contributed by atoms with Crippen molar-refractivity contribution in [1.29, 1.82) is 0 Å². The van der Waals surface area contributed by atoms with Crippen LogP contribution in [0.2, 0.25) is 0 Å². The van der Waals surface area contributed by atoms with Gasteiger partial charge in [-0.15, -0.1) is 0 Å². The number of nitrogens with one attached hydrogen (secondary N) is 1. The molecule has 2 rings (SSSR count). The van der Waals surface area contributed by atoms with Crippen LogP contribution < -0.4 is 5.32 Å². The van der Waals surface area contributed by atoms with Gasteiger partial charge in [0.15, 0.2) is 0 Å². The third-order valence-corrected chi connectivity index (χ3v) is 4.55. The lowest BCUT2D eigenvalue weighted by Crippen LogP contribution is -2.49. The number of urea groups is 1. The van der Waals surface area contributed by atoms with Crippen LogP contribution in [0.5, 0.6) is 0 Å². The van der Waals surface area contributed by atoms with E-state index in [-0.39, 0.29) is 22.9 Å². The molecule has 26 heavy (non-hydrogen) atoms. The van der Waals surface area contributed by atoms with Crippen molar-refractivity contribution in [1.82, 2.24) is 15.1 Å². The van der Waals surface area contributed by atoms with Gasteiger partial charge in [-0.05, 0) is 50.3 Å². The van der Waals surface area contributed by atoms with E-state index in [1.165, 1.54) is 5.56 Å². The zero-order valence-corrected chi connectivity index (χ0v) is 17.1. The van der Waals surface area contributed by atoms with Crippen LogP contribution in [0.15, 0.2) is 24.3 Å². The molecule has 1 fully saturated rings. The Morgan fingerprint density at radius 2 is 1.38 bits per heavy atom. The van der Waals surface area contributed by atoms with E-state index in [1.807, 2.05) is 49.9 Å². The van der Waals surface area contributed by atoms with Crippen molar-refractivity contribution in [3.05, 3.63) is 35.4 Å². The molecule has 0 radical (unpaired) electrons. The molecule has 0 atom stereocenters. The molecule has 0 aromatic heterocycles. The lowest BCUT2D eigenvalue weighted by molar-refractivity contribution is 0.0762. The SMILES string of the molecule is CC(C)(C)NC(=O)N1CCCN(C(=O)c2ccc(C(C)(C)C)cc2)CC1. The van der Waals surface area contributed by atoms with Crippen LogP contribution in [0.4, 0.5) is 4.79 Å². The summed E-state index contributed by atoms with van der Waals surface area (Å²) in [5.74, 6) is 0.0449. The van der Waals surface area contributed by atoms with Crippen LogP contribution in [0.1, 0.15) is 63.9 Å². The molecule has 1 saturated heterocycles. The highest BCUT2D eigenvalue weighted by Gasteiger charge is 2.25. The molecule has 1 N–H and O–H groups in total. The molecule has 0 bridgehead atoms. The van der Waals surface area contributed by atoms with Gasteiger partial charge in [0, 0.05) is 37.3 Å². The van der Waals surface area contributed by atoms with Gasteiger partial charge in [0.2, 0.25) is 0 Å². The largest absolute Gasteiger partial charge is 0.337 e. The average Bonchev–Trinajstić information content (AvgIpc) is 2.78. The third-order valence-electron chi connectivity index (χ3n) is 4.55. The minimum absolute atomic E-state index is 0.0449. The van der Waals surface area contributed by atoms with Crippen LogP contribution in [-0.2, 0) is 5.41 Å². The Labute approximate surface area is 157 Å². The molecular formula is C21H33N3O2. The van der Waals surface area contributed by atoms with Crippen LogP contribution in [0, 0.1) is 0 Å². The van der Waals surface area contributed by atoms with E-state index >= 15 is 0 Å². The van der Waals surface area contributed by atoms with E-state index in [0.29, 0.717) is 31.7 Å². The summed E-state index contributed by atoms with van der Waals surface area (Å²) < 4.78 is 0. The summed E-state index contributed by atoms with van der Waals surface area (Å²) in [5, 5.41) is 3.00. The van der Waals surface area contributed by atoms with Crippen LogP contribution in [0.3, 0.4) is 0 Å². The van der Waals surface area contributed by atoms with E-state index in [4.69, 9.17) is 0 Å². The van der Waals surface area contributed by atoms with Gasteiger partial charge in [-0.2, -0.15) is 0 Å². The van der Waals surface area contributed by atoms with Gasteiger partial charge < -0.3 is 15.1 Å². The maximum absolute atomic E-state index is 12.8. The number of carbonyl (C=O) groups excluding carboxylic acids is 2. The van der Waals surface area contributed by atoms with Crippen molar-refractivity contribution in [2.75, 3.05) is 26.2 Å². The first-order valence-corrected chi connectivity index (χ1v) is 9.44. The Balaban J connectivity index is 2.00. The summed E-state index contributed by atoms with van der Waals surface area (Å²) in [7, 11) is 0. The maximum Gasteiger partial charge on any atom is 0.317 e. The fourth-order valence-electron chi connectivity index (χ4n) is 3.02. The van der Waals surface area contributed by atoms with Crippen molar-refractivity contribution in [2.45, 2.75) is 58.9 Å². The summed E-state index contributed by atoms with van der Waals surface area (Å²) in [6.45, 7) is 14.9. The van der Waals surface area contributed by atoms with Crippen molar-refractivity contribution in [3.63, 3.8) is 0 Å². The van der Waals surface area contributed by atoms with Crippen molar-refractivity contribution >= 4 is 11.9 Å². The predicted molar refractivity (Wildman–Crippen MR) is 106 cm³/mol. The molecule has 144 valence electrons. The minimum Gasteiger partial charge on any atom is -0.337 e. The van der Waals surface area contributed by atoms with Crippen molar-refractivity contribution < 1.29 is 9.59 Å². The second kappa shape index (κ2) is 7.68. The van der Waals surface area contributed by atoms with Gasteiger partial charge in [0.1, 0.15) is 0 Å². The Bertz CT molecular complexity index is 639. The summed E-state index contributed by atoms with van der Waals surface area (Å²) in [4.78, 5) is 28.8. The van der Waals surface area contributed by atoms with E-state index in [1.54, 1.807) is 4.90 Å². The van der Waals surface area contributed by atoms with E-state index in [2.05, 4.69) is 26.1 Å². The van der Waals surface area contributed by atoms with E-state index in [0.717, 1.165) is 6.42 Å².